The first-order chi connectivity index (χ1) is 18.7. The van der Waals surface area contributed by atoms with Crippen LogP contribution in [0.25, 0.3) is 10.2 Å². The van der Waals surface area contributed by atoms with Crippen LogP contribution < -0.4 is 4.90 Å². The summed E-state index contributed by atoms with van der Waals surface area (Å²) < 4.78 is 34.2. The van der Waals surface area contributed by atoms with Gasteiger partial charge >= 0.3 is 0 Å². The number of halogens is 2. The highest BCUT2D eigenvalue weighted by atomic mass is 35.5. The molecule has 0 saturated carbocycles. The van der Waals surface area contributed by atoms with Crippen LogP contribution in [0.5, 0.6) is 0 Å². The second-order valence-electron chi connectivity index (χ2n) is 9.70. The van der Waals surface area contributed by atoms with E-state index in [9.17, 15) is 13.2 Å². The van der Waals surface area contributed by atoms with Crippen LogP contribution in [0.3, 0.4) is 0 Å². The molecule has 0 bridgehead atoms. The fraction of sp³-hybridized carbons (Fsp3) is 0.500. The SMILES string of the molecule is CCCCN(CC)S(=O)(=O)c1ccc(C(=O)N(CCCN2CCOCC2)c2nc3c(C)cc(Cl)cc3s2)cc1.Cl. The number of aryl methyl sites for hydroxylation is 1. The molecular formula is C28H38Cl2N4O4S2. The van der Waals surface area contributed by atoms with E-state index in [1.807, 2.05) is 32.9 Å². The van der Waals surface area contributed by atoms with E-state index in [0.717, 1.165) is 67.9 Å². The molecule has 12 heteroatoms. The number of benzene rings is 2. The van der Waals surface area contributed by atoms with Crippen LogP contribution in [0.1, 0.15) is 49.0 Å². The molecule has 40 heavy (non-hydrogen) atoms. The first kappa shape index (κ1) is 32.7. The third kappa shape index (κ3) is 7.73. The van der Waals surface area contributed by atoms with Crippen LogP contribution in [-0.4, -0.2) is 81.0 Å². The highest BCUT2D eigenvalue weighted by Crippen LogP contribution is 2.34. The Labute approximate surface area is 252 Å². The lowest BCUT2D eigenvalue weighted by Gasteiger charge is -2.27. The van der Waals surface area contributed by atoms with Gasteiger partial charge in [-0.3, -0.25) is 14.6 Å². The van der Waals surface area contributed by atoms with Crippen LogP contribution in [0.2, 0.25) is 5.02 Å². The van der Waals surface area contributed by atoms with Crippen molar-refractivity contribution in [2.45, 2.75) is 44.9 Å². The Kier molecular flexibility index (Phi) is 12.2. The van der Waals surface area contributed by atoms with Gasteiger partial charge in [0.15, 0.2) is 5.13 Å². The van der Waals surface area contributed by atoms with Crippen molar-refractivity contribution >= 4 is 66.6 Å². The smallest absolute Gasteiger partial charge is 0.260 e. The highest BCUT2D eigenvalue weighted by molar-refractivity contribution is 7.89. The van der Waals surface area contributed by atoms with Crippen LogP contribution in [-0.2, 0) is 14.8 Å². The monoisotopic (exact) mass is 628 g/mol. The maximum absolute atomic E-state index is 13.8. The Bertz CT molecular complexity index is 1380. The molecule has 0 unspecified atom stereocenters. The topological polar surface area (TPSA) is 83.1 Å². The number of unbranched alkanes of at least 4 members (excludes halogenated alkanes) is 1. The maximum atomic E-state index is 13.8. The van der Waals surface area contributed by atoms with Crippen molar-refractivity contribution in [2.75, 3.05) is 57.4 Å². The molecule has 1 aromatic heterocycles. The molecular weight excluding hydrogens is 591 g/mol. The Morgan fingerprint density at radius 1 is 1.10 bits per heavy atom. The van der Waals surface area contributed by atoms with Crippen LogP contribution in [0.15, 0.2) is 41.3 Å². The molecule has 2 aromatic carbocycles. The summed E-state index contributed by atoms with van der Waals surface area (Å²) in [7, 11) is -3.62. The second kappa shape index (κ2) is 14.9. The number of fused-ring (bicyclic) bond motifs is 1. The number of hydrogen-bond donors (Lipinski definition) is 0. The average Bonchev–Trinajstić information content (AvgIpc) is 3.36. The van der Waals surface area contributed by atoms with Gasteiger partial charge in [-0.25, -0.2) is 13.4 Å². The minimum atomic E-state index is -3.62. The lowest BCUT2D eigenvalue weighted by Crippen LogP contribution is -2.39. The van der Waals surface area contributed by atoms with E-state index >= 15 is 0 Å². The molecule has 0 atom stereocenters. The van der Waals surface area contributed by atoms with Crippen molar-refractivity contribution in [1.82, 2.24) is 14.2 Å². The summed E-state index contributed by atoms with van der Waals surface area (Å²) in [5, 5.41) is 1.24. The van der Waals surface area contributed by atoms with E-state index < -0.39 is 10.0 Å². The summed E-state index contributed by atoms with van der Waals surface area (Å²) in [4.78, 5) is 22.9. The van der Waals surface area contributed by atoms with Gasteiger partial charge in [-0.05, 0) is 61.7 Å². The van der Waals surface area contributed by atoms with Gasteiger partial charge < -0.3 is 4.74 Å². The predicted molar refractivity (Wildman–Crippen MR) is 166 cm³/mol. The van der Waals surface area contributed by atoms with Crippen molar-refractivity contribution in [3.8, 4) is 0 Å². The summed E-state index contributed by atoms with van der Waals surface area (Å²) in [6.45, 7) is 11.3. The number of anilines is 1. The molecule has 0 spiro atoms. The summed E-state index contributed by atoms with van der Waals surface area (Å²) in [6.07, 6.45) is 2.49. The van der Waals surface area contributed by atoms with Gasteiger partial charge in [-0.2, -0.15) is 4.31 Å². The van der Waals surface area contributed by atoms with Crippen LogP contribution in [0.4, 0.5) is 5.13 Å². The molecule has 1 amide bonds. The molecule has 0 aliphatic carbocycles. The standard InChI is InChI=1S/C28H37ClN4O4S2.ClH/c1-4-6-13-32(5-2)39(35,36)24-10-8-22(9-11-24)27(34)33(14-7-12-31-15-17-37-18-16-31)28-30-26-21(3)19-23(29)20-25(26)38-28;/h8-11,19-20H,4-7,12-18H2,1-3H3;1H. The van der Waals surface area contributed by atoms with E-state index in [1.54, 1.807) is 17.0 Å². The largest absolute Gasteiger partial charge is 0.379 e. The number of thiazole rings is 1. The summed E-state index contributed by atoms with van der Waals surface area (Å²) in [5.74, 6) is -0.206. The number of rotatable bonds is 12. The van der Waals surface area contributed by atoms with Gasteiger partial charge in [0.1, 0.15) is 0 Å². The van der Waals surface area contributed by atoms with Crippen molar-refractivity contribution < 1.29 is 17.9 Å². The number of amides is 1. The number of nitrogens with zero attached hydrogens (tertiary/aromatic N) is 4. The van der Waals surface area contributed by atoms with E-state index in [1.165, 1.54) is 27.8 Å². The average molecular weight is 630 g/mol. The molecule has 1 saturated heterocycles. The first-order valence-corrected chi connectivity index (χ1v) is 16.2. The van der Waals surface area contributed by atoms with Gasteiger partial charge in [0.05, 0.1) is 28.3 Å². The fourth-order valence-electron chi connectivity index (χ4n) is 4.68. The number of sulfonamides is 1. The summed E-state index contributed by atoms with van der Waals surface area (Å²) in [5.41, 5.74) is 2.21. The number of hydrogen-bond acceptors (Lipinski definition) is 7. The van der Waals surface area contributed by atoms with E-state index in [0.29, 0.717) is 35.4 Å². The molecule has 4 rings (SSSR count). The Balaban J connectivity index is 0.00000441. The molecule has 0 radical (unpaired) electrons. The maximum Gasteiger partial charge on any atom is 0.260 e. The van der Waals surface area contributed by atoms with Gasteiger partial charge in [-0.1, -0.05) is 43.2 Å². The second-order valence-corrected chi connectivity index (χ2v) is 13.1. The Hall–Kier alpha value is -1.79. The molecule has 220 valence electrons. The van der Waals surface area contributed by atoms with Crippen molar-refractivity contribution in [1.29, 1.82) is 0 Å². The van der Waals surface area contributed by atoms with Crippen molar-refractivity contribution in [2.24, 2.45) is 0 Å². The van der Waals surface area contributed by atoms with Gasteiger partial charge in [0.2, 0.25) is 10.0 Å². The summed E-state index contributed by atoms with van der Waals surface area (Å²) in [6, 6.07) is 10.0. The quantitative estimate of drug-likeness (QED) is 0.250. The van der Waals surface area contributed by atoms with E-state index in [-0.39, 0.29) is 23.2 Å². The fourth-order valence-corrected chi connectivity index (χ4v) is 7.61. The van der Waals surface area contributed by atoms with E-state index in [2.05, 4.69) is 4.90 Å². The number of carbonyl (C=O) groups excluding carboxylic acids is 1. The molecule has 2 heterocycles. The third-order valence-electron chi connectivity index (χ3n) is 6.93. The minimum Gasteiger partial charge on any atom is -0.379 e. The Morgan fingerprint density at radius 3 is 2.45 bits per heavy atom. The normalized spacial score (nSPS) is 14.4. The van der Waals surface area contributed by atoms with Gasteiger partial charge in [0.25, 0.3) is 5.91 Å². The van der Waals surface area contributed by atoms with Crippen molar-refractivity contribution in [3.05, 3.63) is 52.5 Å². The molecule has 1 aliphatic heterocycles. The zero-order valence-corrected chi connectivity index (χ0v) is 26.5. The summed E-state index contributed by atoms with van der Waals surface area (Å²) >= 11 is 7.72. The minimum absolute atomic E-state index is 0. The van der Waals surface area contributed by atoms with Crippen LogP contribution >= 0.6 is 35.3 Å². The lowest BCUT2D eigenvalue weighted by molar-refractivity contribution is 0.0376. The van der Waals surface area contributed by atoms with Gasteiger partial charge in [-0.15, -0.1) is 12.4 Å². The number of carbonyl (C=O) groups is 1. The molecule has 8 nitrogen and oxygen atoms in total. The molecule has 0 N–H and O–H groups in total. The zero-order valence-electron chi connectivity index (χ0n) is 23.3. The van der Waals surface area contributed by atoms with Crippen LogP contribution in [0, 0.1) is 6.92 Å². The Morgan fingerprint density at radius 2 is 1.80 bits per heavy atom. The molecule has 1 fully saturated rings. The number of morpholine rings is 1. The first-order valence-electron chi connectivity index (χ1n) is 13.5. The number of aromatic nitrogens is 1. The van der Waals surface area contributed by atoms with Gasteiger partial charge in [0, 0.05) is 49.9 Å². The third-order valence-corrected chi connectivity index (χ3v) is 10.2. The lowest BCUT2D eigenvalue weighted by atomic mass is 10.2. The van der Waals surface area contributed by atoms with Crippen molar-refractivity contribution in [3.63, 3.8) is 0 Å². The van der Waals surface area contributed by atoms with E-state index in [4.69, 9.17) is 21.3 Å². The highest BCUT2D eigenvalue weighted by Gasteiger charge is 2.25. The zero-order chi connectivity index (χ0) is 28.0. The molecule has 3 aromatic rings. The molecule has 1 aliphatic rings. The number of ether oxygens (including phenoxy) is 1. The predicted octanol–water partition coefficient (Wildman–Crippen LogP) is 5.86.